The number of nitrogen functional groups attached to an aromatic ring is 1. The molecule has 1 aromatic rings. The maximum Gasteiger partial charge on any atom is 0.257 e. The molecule has 92 valence electrons. The first kappa shape index (κ1) is 12.4. The highest BCUT2D eigenvalue weighted by molar-refractivity contribution is 9.10. The summed E-state index contributed by atoms with van der Waals surface area (Å²) in [5.74, 6) is 0.306. The van der Waals surface area contributed by atoms with E-state index in [1.165, 1.54) is 0 Å². The number of rotatable bonds is 4. The van der Waals surface area contributed by atoms with Gasteiger partial charge in [-0.3, -0.25) is 4.79 Å². The van der Waals surface area contributed by atoms with E-state index in [2.05, 4.69) is 27.8 Å². The minimum atomic E-state index is 0.000602. The predicted octanol–water partition coefficient (Wildman–Crippen LogP) is 2.44. The third-order valence-electron chi connectivity index (χ3n) is 2.83. The molecule has 1 saturated carbocycles. The number of hydrogen-bond acceptors (Lipinski definition) is 3. The largest absolute Gasteiger partial charge is 0.383 e. The Labute approximate surface area is 109 Å². The van der Waals surface area contributed by atoms with E-state index in [0.717, 1.165) is 30.3 Å². The third kappa shape index (κ3) is 2.77. The van der Waals surface area contributed by atoms with Gasteiger partial charge in [0.25, 0.3) is 5.91 Å². The lowest BCUT2D eigenvalue weighted by molar-refractivity contribution is 0.0744. The van der Waals surface area contributed by atoms with Crippen molar-refractivity contribution >= 4 is 27.7 Å². The fourth-order valence-corrected chi connectivity index (χ4v) is 2.18. The van der Waals surface area contributed by atoms with Crippen LogP contribution >= 0.6 is 15.9 Å². The van der Waals surface area contributed by atoms with E-state index in [1.54, 1.807) is 12.3 Å². The summed E-state index contributed by atoms with van der Waals surface area (Å²) in [6.07, 6.45) is 4.77. The van der Waals surface area contributed by atoms with Gasteiger partial charge >= 0.3 is 0 Å². The number of amides is 1. The molecule has 1 aliphatic carbocycles. The van der Waals surface area contributed by atoms with Gasteiger partial charge in [-0.1, -0.05) is 6.92 Å². The fourth-order valence-electron chi connectivity index (χ4n) is 1.85. The van der Waals surface area contributed by atoms with Gasteiger partial charge < -0.3 is 10.6 Å². The second-order valence-corrected chi connectivity index (χ2v) is 5.23. The highest BCUT2D eigenvalue weighted by Crippen LogP contribution is 2.29. The summed E-state index contributed by atoms with van der Waals surface area (Å²) in [5, 5.41) is 0. The van der Waals surface area contributed by atoms with Gasteiger partial charge in [-0.25, -0.2) is 4.98 Å². The number of carbonyl (C=O) groups is 1. The van der Waals surface area contributed by atoms with Crippen LogP contribution < -0.4 is 5.73 Å². The van der Waals surface area contributed by atoms with Crippen molar-refractivity contribution in [2.45, 2.75) is 32.2 Å². The van der Waals surface area contributed by atoms with Crippen LogP contribution in [0.1, 0.15) is 36.5 Å². The lowest BCUT2D eigenvalue weighted by Gasteiger charge is -2.22. The van der Waals surface area contributed by atoms with Crippen molar-refractivity contribution in [2.75, 3.05) is 12.3 Å². The van der Waals surface area contributed by atoms with E-state index in [1.807, 2.05) is 4.90 Å². The van der Waals surface area contributed by atoms with Gasteiger partial charge in [0.15, 0.2) is 0 Å². The first-order valence-corrected chi connectivity index (χ1v) is 6.64. The summed E-state index contributed by atoms with van der Waals surface area (Å²) >= 11 is 3.32. The van der Waals surface area contributed by atoms with Crippen LogP contribution in [0.25, 0.3) is 0 Å². The average Bonchev–Trinajstić information content (AvgIpc) is 3.12. The van der Waals surface area contributed by atoms with Crippen LogP contribution in [-0.4, -0.2) is 28.4 Å². The van der Waals surface area contributed by atoms with Crippen LogP contribution in [-0.2, 0) is 0 Å². The Balaban J connectivity index is 2.24. The second-order valence-electron chi connectivity index (χ2n) is 4.32. The molecule has 0 aromatic carbocycles. The Morgan fingerprint density at radius 2 is 2.35 bits per heavy atom. The highest BCUT2D eigenvalue weighted by Gasteiger charge is 2.33. The van der Waals surface area contributed by atoms with Crippen molar-refractivity contribution in [3.8, 4) is 0 Å². The molecule has 0 radical (unpaired) electrons. The highest BCUT2D eigenvalue weighted by atomic mass is 79.9. The molecule has 1 aliphatic rings. The molecular formula is C12H16BrN3O. The maximum absolute atomic E-state index is 12.4. The lowest BCUT2D eigenvalue weighted by atomic mass is 10.2. The van der Waals surface area contributed by atoms with Gasteiger partial charge in [0.1, 0.15) is 5.82 Å². The molecule has 1 aromatic heterocycles. The van der Waals surface area contributed by atoms with Crippen LogP contribution in [0.5, 0.6) is 0 Å². The first-order valence-electron chi connectivity index (χ1n) is 5.85. The molecule has 0 spiro atoms. The second kappa shape index (κ2) is 5.04. The van der Waals surface area contributed by atoms with Crippen molar-refractivity contribution < 1.29 is 4.79 Å². The van der Waals surface area contributed by atoms with Crippen molar-refractivity contribution in [1.29, 1.82) is 0 Å². The zero-order valence-corrected chi connectivity index (χ0v) is 11.4. The summed E-state index contributed by atoms with van der Waals surface area (Å²) < 4.78 is 0.780. The molecule has 2 rings (SSSR count). The topological polar surface area (TPSA) is 59.2 Å². The number of aromatic nitrogens is 1. The molecular weight excluding hydrogens is 282 g/mol. The Kier molecular flexibility index (Phi) is 3.66. The summed E-state index contributed by atoms with van der Waals surface area (Å²) in [6.45, 7) is 2.86. The number of hydrogen-bond donors (Lipinski definition) is 1. The molecule has 0 atom stereocenters. The van der Waals surface area contributed by atoms with E-state index in [0.29, 0.717) is 17.4 Å². The van der Waals surface area contributed by atoms with E-state index < -0.39 is 0 Å². The van der Waals surface area contributed by atoms with E-state index in [9.17, 15) is 4.79 Å². The van der Waals surface area contributed by atoms with Gasteiger partial charge in [-0.15, -0.1) is 0 Å². The SMILES string of the molecule is CCCN(C(=O)c1cc(Br)cnc1N)C1CC1. The number of nitrogens with two attached hydrogens (primary N) is 1. The molecule has 0 bridgehead atoms. The van der Waals surface area contributed by atoms with Gasteiger partial charge in [-0.05, 0) is 41.3 Å². The monoisotopic (exact) mass is 297 g/mol. The van der Waals surface area contributed by atoms with Gasteiger partial charge in [0.2, 0.25) is 0 Å². The van der Waals surface area contributed by atoms with Crippen LogP contribution in [0.4, 0.5) is 5.82 Å². The van der Waals surface area contributed by atoms with Gasteiger partial charge in [-0.2, -0.15) is 0 Å². The molecule has 0 aliphatic heterocycles. The standard InChI is InChI=1S/C12H16BrN3O/c1-2-5-16(9-3-4-9)12(17)10-6-8(13)7-15-11(10)14/h6-7,9H,2-5H2,1H3,(H2,14,15). The van der Waals surface area contributed by atoms with Crippen molar-refractivity contribution in [2.24, 2.45) is 0 Å². The van der Waals surface area contributed by atoms with E-state index in [4.69, 9.17) is 5.73 Å². The van der Waals surface area contributed by atoms with Gasteiger partial charge in [0.05, 0.1) is 5.56 Å². The normalized spacial score (nSPS) is 14.7. The molecule has 1 heterocycles. The number of pyridine rings is 1. The quantitative estimate of drug-likeness (QED) is 0.928. The minimum Gasteiger partial charge on any atom is -0.383 e. The fraction of sp³-hybridized carbons (Fsp3) is 0.500. The molecule has 2 N–H and O–H groups in total. The molecule has 1 amide bonds. The van der Waals surface area contributed by atoms with Crippen LogP contribution in [0.15, 0.2) is 16.7 Å². The smallest absolute Gasteiger partial charge is 0.257 e. The number of carbonyl (C=O) groups excluding carboxylic acids is 1. The number of halogens is 1. The Morgan fingerprint density at radius 3 is 2.94 bits per heavy atom. The predicted molar refractivity (Wildman–Crippen MR) is 70.7 cm³/mol. The summed E-state index contributed by atoms with van der Waals surface area (Å²) in [6, 6.07) is 2.15. The summed E-state index contributed by atoms with van der Waals surface area (Å²) in [5.41, 5.74) is 6.27. The Morgan fingerprint density at radius 1 is 1.65 bits per heavy atom. The van der Waals surface area contributed by atoms with Crippen LogP contribution in [0.3, 0.4) is 0 Å². The number of anilines is 1. The third-order valence-corrected chi connectivity index (χ3v) is 3.26. The summed E-state index contributed by atoms with van der Waals surface area (Å²) in [4.78, 5) is 18.3. The Hall–Kier alpha value is -1.10. The van der Waals surface area contributed by atoms with Crippen molar-refractivity contribution in [1.82, 2.24) is 9.88 Å². The summed E-state index contributed by atoms with van der Waals surface area (Å²) in [7, 11) is 0. The van der Waals surface area contributed by atoms with Gasteiger partial charge in [0, 0.05) is 23.3 Å². The van der Waals surface area contributed by atoms with Crippen molar-refractivity contribution in [3.63, 3.8) is 0 Å². The number of nitrogens with zero attached hydrogens (tertiary/aromatic N) is 2. The molecule has 17 heavy (non-hydrogen) atoms. The molecule has 0 unspecified atom stereocenters. The van der Waals surface area contributed by atoms with Crippen molar-refractivity contribution in [3.05, 3.63) is 22.3 Å². The molecule has 0 saturated heterocycles. The van der Waals surface area contributed by atoms with E-state index in [-0.39, 0.29) is 5.91 Å². The van der Waals surface area contributed by atoms with Crippen LogP contribution in [0, 0.1) is 0 Å². The molecule has 1 fully saturated rings. The molecule has 4 nitrogen and oxygen atoms in total. The first-order chi connectivity index (χ1) is 8.13. The zero-order valence-electron chi connectivity index (χ0n) is 9.82. The van der Waals surface area contributed by atoms with E-state index >= 15 is 0 Å². The average molecular weight is 298 g/mol. The minimum absolute atomic E-state index is 0.000602. The van der Waals surface area contributed by atoms with Crippen LogP contribution in [0.2, 0.25) is 0 Å². The zero-order chi connectivity index (χ0) is 12.4. The molecule has 5 heteroatoms. The Bertz CT molecular complexity index is 432. The maximum atomic E-state index is 12.4. The lowest BCUT2D eigenvalue weighted by Crippen LogP contribution is -2.34.